The van der Waals surface area contributed by atoms with Gasteiger partial charge in [-0.15, -0.1) is 66.2 Å². The van der Waals surface area contributed by atoms with E-state index in [9.17, 15) is 5.26 Å². The van der Waals surface area contributed by atoms with E-state index in [4.69, 9.17) is 16.5 Å². The third-order valence-electron chi connectivity index (χ3n) is 7.40. The van der Waals surface area contributed by atoms with E-state index in [1.54, 1.807) is 9.13 Å². The number of benzene rings is 4. The van der Waals surface area contributed by atoms with Crippen LogP contribution in [0, 0.1) is 30.0 Å². The maximum atomic E-state index is 10.6. The normalized spacial score (nSPS) is 10.9. The Morgan fingerprint density at radius 3 is 1.64 bits per heavy atom. The van der Waals surface area contributed by atoms with Gasteiger partial charge in [0.05, 0.1) is 29.7 Å². The number of rotatable bonds is 6. The van der Waals surface area contributed by atoms with Gasteiger partial charge in [0.25, 0.3) is 0 Å². The molecule has 0 unspecified atom stereocenters. The summed E-state index contributed by atoms with van der Waals surface area (Å²) in [6.07, 6.45) is 0. The van der Waals surface area contributed by atoms with Crippen molar-refractivity contribution >= 4 is 5.82 Å². The van der Waals surface area contributed by atoms with E-state index in [2.05, 4.69) is 23.0 Å². The van der Waals surface area contributed by atoms with Crippen LogP contribution in [-0.4, -0.2) is 19.1 Å². The fraction of sp³-hybridized carbons (Fsp3) is 0.0857. The quantitative estimate of drug-likeness (QED) is 0.176. The van der Waals surface area contributed by atoms with Gasteiger partial charge in [0.15, 0.2) is 0 Å². The van der Waals surface area contributed by atoms with Crippen LogP contribution in [-0.2, 0) is 40.6 Å². The van der Waals surface area contributed by atoms with Crippen LogP contribution in [0.25, 0.3) is 27.6 Å². The summed E-state index contributed by atoms with van der Waals surface area (Å²) < 4.78 is 3.60. The zero-order chi connectivity index (χ0) is 28.4. The van der Waals surface area contributed by atoms with E-state index in [1.807, 2.05) is 123 Å². The molecule has 0 N–H and O–H groups in total. The number of aromatic nitrogens is 4. The van der Waals surface area contributed by atoms with Gasteiger partial charge in [0.2, 0.25) is 5.82 Å². The molecule has 0 radical (unpaired) electrons. The molecule has 0 aliphatic heterocycles. The summed E-state index contributed by atoms with van der Waals surface area (Å²) in [5, 5.41) is 10.6. The smallest absolute Gasteiger partial charge is 0.363 e. The minimum absolute atomic E-state index is 0. The van der Waals surface area contributed by atoms with E-state index in [0.29, 0.717) is 34.5 Å². The van der Waals surface area contributed by atoms with E-state index < -0.39 is 5.41 Å². The van der Waals surface area contributed by atoms with Crippen LogP contribution in [0.2, 0.25) is 0 Å². The van der Waals surface area contributed by atoms with Gasteiger partial charge >= 0.3 is 21.1 Å². The van der Waals surface area contributed by atoms with Crippen LogP contribution in [0.3, 0.4) is 0 Å². The van der Waals surface area contributed by atoms with Crippen LogP contribution in [0.5, 0.6) is 0 Å². The van der Waals surface area contributed by atoms with Gasteiger partial charge in [-0.3, -0.25) is 9.97 Å². The molecular formula is C35H24N6Pt. The first kappa shape index (κ1) is 28.5. The van der Waals surface area contributed by atoms with Crippen molar-refractivity contribution in [3.8, 4) is 28.8 Å². The van der Waals surface area contributed by atoms with Gasteiger partial charge in [0, 0.05) is 7.05 Å². The molecule has 6 nitrogen and oxygen atoms in total. The van der Waals surface area contributed by atoms with Crippen molar-refractivity contribution in [3.63, 3.8) is 0 Å². The number of imidazole rings is 2. The topological polar surface area (TPSA) is 63.8 Å². The van der Waals surface area contributed by atoms with Crippen LogP contribution in [0.1, 0.15) is 28.2 Å². The van der Waals surface area contributed by atoms with Crippen molar-refractivity contribution < 1.29 is 21.1 Å². The number of nitriles is 1. The summed E-state index contributed by atoms with van der Waals surface area (Å²) in [6.45, 7) is 8.31. The molecule has 0 aliphatic rings. The van der Waals surface area contributed by atoms with Crippen molar-refractivity contribution in [3.05, 3.63) is 161 Å². The molecule has 0 saturated heterocycles. The number of nitrogens with zero attached hydrogens (tertiary/aromatic N) is 6. The average Bonchev–Trinajstić information content (AvgIpc) is 3.55. The number of hydrogen-bond acceptors (Lipinski definition) is 3. The van der Waals surface area contributed by atoms with Gasteiger partial charge in [-0.05, 0) is 11.1 Å². The summed E-state index contributed by atoms with van der Waals surface area (Å²) in [7, 11) is 3.68. The van der Waals surface area contributed by atoms with E-state index in [0.717, 1.165) is 22.3 Å². The van der Waals surface area contributed by atoms with Gasteiger partial charge in [-0.25, -0.2) is 0 Å². The Bertz CT molecular complexity index is 1770. The van der Waals surface area contributed by atoms with Gasteiger partial charge in [0.1, 0.15) is 17.6 Å². The molecule has 4 aromatic carbocycles. The predicted octanol–water partition coefficient (Wildman–Crippen LogP) is 6.89. The predicted molar refractivity (Wildman–Crippen MR) is 158 cm³/mol. The molecule has 0 spiro atoms. The Balaban J connectivity index is 0.00000353. The summed E-state index contributed by atoms with van der Waals surface area (Å²) in [6, 6.07) is 43.9. The Morgan fingerprint density at radius 2 is 1.19 bits per heavy atom. The minimum atomic E-state index is -1.19. The Hall–Kier alpha value is -5.03. The summed E-state index contributed by atoms with van der Waals surface area (Å²) in [5.74, 6) is 1.56. The zero-order valence-corrected chi connectivity index (χ0v) is 25.2. The molecule has 0 aliphatic carbocycles. The Labute approximate surface area is 259 Å². The second-order valence-electron chi connectivity index (χ2n) is 9.62. The minimum Gasteiger partial charge on any atom is -0.363 e. The van der Waals surface area contributed by atoms with Crippen molar-refractivity contribution in [2.75, 3.05) is 0 Å². The first-order valence-electron chi connectivity index (χ1n) is 13.1. The standard InChI is InChI=1S/C35H24N6.Pt/c1-37-34-31(39-33(41(34)3)26-18-10-5-11-19-26)35(27-20-12-6-13-21-27,28-22-14-7-15-23-28)30-29(24-36)40(2)32(38-30)25-16-8-4-9-17-25;/h4-16,18,20-23H,2-3H3;/q-2;+2. The third kappa shape index (κ3) is 4.47. The molecule has 0 fully saturated rings. The van der Waals surface area contributed by atoms with Gasteiger partial charge in [-0.1, -0.05) is 72.8 Å². The summed E-state index contributed by atoms with van der Waals surface area (Å²) in [5.41, 5.74) is 3.40. The molecule has 0 bridgehead atoms. The fourth-order valence-electron chi connectivity index (χ4n) is 5.51. The SMILES string of the molecule is [C-]#[N+]c1c(C(c2ccccc2)(c2ccccc2)c2nc(-c3[c-]cccc3)n(C)c2C#N)nc(-c2[c-]cccc2)n1C.[Pt+2]. The molecule has 6 aromatic rings. The van der Waals surface area contributed by atoms with Crippen molar-refractivity contribution in [2.24, 2.45) is 14.1 Å². The van der Waals surface area contributed by atoms with E-state index in [1.165, 1.54) is 0 Å². The van der Waals surface area contributed by atoms with Crippen LogP contribution in [0.15, 0.2) is 109 Å². The molecular weight excluding hydrogens is 700 g/mol. The third-order valence-corrected chi connectivity index (χ3v) is 7.40. The van der Waals surface area contributed by atoms with E-state index >= 15 is 0 Å². The molecule has 2 heterocycles. The van der Waals surface area contributed by atoms with Crippen molar-refractivity contribution in [2.45, 2.75) is 5.41 Å². The largest absolute Gasteiger partial charge is 2.00 e. The second-order valence-corrected chi connectivity index (χ2v) is 9.62. The molecule has 2 aromatic heterocycles. The summed E-state index contributed by atoms with van der Waals surface area (Å²) in [4.78, 5) is 14.4. The number of hydrogen-bond donors (Lipinski definition) is 0. The Kier molecular flexibility index (Phi) is 8.03. The monoisotopic (exact) mass is 723 g/mol. The van der Waals surface area contributed by atoms with Crippen LogP contribution >= 0.6 is 0 Å². The zero-order valence-electron chi connectivity index (χ0n) is 22.9. The fourth-order valence-corrected chi connectivity index (χ4v) is 5.51. The molecule has 6 rings (SSSR count). The molecule has 7 heteroatoms. The van der Waals surface area contributed by atoms with Gasteiger partial charge in [-0.2, -0.15) is 5.26 Å². The average molecular weight is 724 g/mol. The molecule has 0 atom stereocenters. The second kappa shape index (κ2) is 11.8. The maximum absolute atomic E-state index is 10.6. The van der Waals surface area contributed by atoms with E-state index in [-0.39, 0.29) is 21.1 Å². The first-order chi connectivity index (χ1) is 20.1. The maximum Gasteiger partial charge on any atom is 2.00 e. The molecule has 0 amide bonds. The molecule has 204 valence electrons. The van der Waals surface area contributed by atoms with Crippen molar-refractivity contribution in [1.29, 1.82) is 5.26 Å². The van der Waals surface area contributed by atoms with Crippen LogP contribution < -0.4 is 0 Å². The molecule has 42 heavy (non-hydrogen) atoms. The van der Waals surface area contributed by atoms with Gasteiger partial charge < -0.3 is 14.0 Å². The first-order valence-corrected chi connectivity index (χ1v) is 13.1. The van der Waals surface area contributed by atoms with Crippen LogP contribution in [0.4, 0.5) is 5.82 Å². The Morgan fingerprint density at radius 1 is 0.714 bits per heavy atom. The van der Waals surface area contributed by atoms with Crippen molar-refractivity contribution in [1.82, 2.24) is 19.1 Å². The molecule has 0 saturated carbocycles. The summed E-state index contributed by atoms with van der Waals surface area (Å²) >= 11 is 0.